The zero-order chi connectivity index (χ0) is 15.1. The van der Waals surface area contributed by atoms with E-state index < -0.39 is 10.2 Å². The highest BCUT2D eigenvalue weighted by Gasteiger charge is 2.37. The summed E-state index contributed by atoms with van der Waals surface area (Å²) in [7, 11) is -1.03. The Bertz CT molecular complexity index is 580. The van der Waals surface area contributed by atoms with E-state index >= 15 is 0 Å². The second-order valence-electron chi connectivity index (χ2n) is 6.04. The maximum atomic E-state index is 6.32. The minimum absolute atomic E-state index is 0.596. The monoisotopic (exact) mass is 312 g/mol. The summed E-state index contributed by atoms with van der Waals surface area (Å²) in [5, 5.41) is 3.64. The van der Waals surface area contributed by atoms with Crippen LogP contribution in [0.2, 0.25) is 5.02 Å². The van der Waals surface area contributed by atoms with Crippen LogP contribution < -0.4 is 0 Å². The first kappa shape index (κ1) is 15.7. The van der Waals surface area contributed by atoms with E-state index in [0.29, 0.717) is 15.7 Å². The molecule has 0 unspecified atom stereocenters. The van der Waals surface area contributed by atoms with Crippen molar-refractivity contribution < 1.29 is 0 Å². The predicted molar refractivity (Wildman–Crippen MR) is 93.1 cm³/mol. The van der Waals surface area contributed by atoms with Gasteiger partial charge in [-0.3, -0.25) is 3.97 Å². The van der Waals surface area contributed by atoms with Gasteiger partial charge in [0.1, 0.15) is 5.65 Å². The summed E-state index contributed by atoms with van der Waals surface area (Å²) in [4.78, 5) is 4.61. The Labute approximate surface area is 129 Å². The number of hydrogen-bond acceptors (Lipinski definition) is 1. The van der Waals surface area contributed by atoms with Crippen LogP contribution in [-0.2, 0) is 0 Å². The lowest BCUT2D eigenvalue weighted by Gasteiger charge is -2.52. The van der Waals surface area contributed by atoms with Crippen molar-refractivity contribution in [3.05, 3.63) is 29.5 Å². The van der Waals surface area contributed by atoms with Crippen molar-refractivity contribution in [1.82, 2.24) is 8.96 Å². The van der Waals surface area contributed by atoms with Crippen LogP contribution in [0, 0.1) is 0 Å². The van der Waals surface area contributed by atoms with Crippen molar-refractivity contribution in [2.24, 2.45) is 0 Å². The standard InChI is InChI=1S/C16H25ClN2S/c1-11(2)20(12(3)4,13(5)6)19-10-8-14-15(17)7-9-18-16(14)19/h7-13H,1-6H3. The molecule has 0 aromatic carbocycles. The smallest absolute Gasteiger partial charge is 0.150 e. The fourth-order valence-corrected chi connectivity index (χ4v) is 9.10. The first-order chi connectivity index (χ1) is 9.33. The maximum absolute atomic E-state index is 6.32. The molecular formula is C16H25ClN2S. The number of aromatic nitrogens is 2. The van der Waals surface area contributed by atoms with E-state index in [-0.39, 0.29) is 0 Å². The van der Waals surface area contributed by atoms with Crippen LogP contribution in [0.4, 0.5) is 0 Å². The summed E-state index contributed by atoms with van der Waals surface area (Å²) in [5.74, 6) is 0. The molecule has 2 aromatic heterocycles. The second kappa shape index (κ2) is 5.61. The van der Waals surface area contributed by atoms with Crippen molar-refractivity contribution >= 4 is 32.8 Å². The Balaban J connectivity index is 2.79. The molecule has 0 atom stereocenters. The molecule has 0 spiro atoms. The zero-order valence-corrected chi connectivity index (χ0v) is 14.8. The largest absolute Gasteiger partial charge is 0.293 e. The fourth-order valence-electron chi connectivity index (χ4n) is 3.55. The predicted octanol–water partition coefficient (Wildman–Crippen LogP) is 5.48. The van der Waals surface area contributed by atoms with E-state index in [1.54, 1.807) is 0 Å². The number of fused-ring (bicyclic) bond motifs is 1. The van der Waals surface area contributed by atoms with Gasteiger partial charge < -0.3 is 0 Å². The zero-order valence-electron chi connectivity index (χ0n) is 13.2. The van der Waals surface area contributed by atoms with E-state index in [2.05, 4.69) is 62.8 Å². The Morgan fingerprint density at radius 1 is 1.00 bits per heavy atom. The van der Waals surface area contributed by atoms with E-state index in [1.807, 2.05) is 12.3 Å². The van der Waals surface area contributed by atoms with Crippen LogP contribution in [0.1, 0.15) is 41.5 Å². The Hall–Kier alpha value is -0.670. The topological polar surface area (TPSA) is 17.8 Å². The molecule has 0 amide bonds. The van der Waals surface area contributed by atoms with Gasteiger partial charge in [0.05, 0.1) is 5.02 Å². The average Bonchev–Trinajstić information content (AvgIpc) is 2.74. The van der Waals surface area contributed by atoms with Gasteiger partial charge >= 0.3 is 0 Å². The van der Waals surface area contributed by atoms with E-state index in [4.69, 9.17) is 11.6 Å². The Morgan fingerprint density at radius 2 is 1.55 bits per heavy atom. The molecule has 4 heteroatoms. The SMILES string of the molecule is CC(C)S(C(C)C)(C(C)C)n1ccc2c(Cl)ccnc21. The summed E-state index contributed by atoms with van der Waals surface area (Å²) in [6.45, 7) is 14.0. The van der Waals surface area contributed by atoms with Gasteiger partial charge in [-0.15, -0.1) is 0 Å². The second-order valence-corrected chi connectivity index (χ2v) is 11.1. The molecule has 0 aliphatic rings. The average molecular weight is 313 g/mol. The first-order valence-corrected chi connectivity index (χ1v) is 9.41. The first-order valence-electron chi connectivity index (χ1n) is 7.25. The highest BCUT2D eigenvalue weighted by atomic mass is 35.5. The third-order valence-corrected chi connectivity index (χ3v) is 9.94. The molecule has 2 heterocycles. The van der Waals surface area contributed by atoms with Crippen molar-refractivity contribution in [3.63, 3.8) is 0 Å². The Kier molecular flexibility index (Phi) is 4.41. The van der Waals surface area contributed by atoms with Gasteiger partial charge in [0, 0.05) is 33.5 Å². The summed E-state index contributed by atoms with van der Waals surface area (Å²) >= 11 is 6.32. The number of halogens is 1. The van der Waals surface area contributed by atoms with Gasteiger partial charge in [0.2, 0.25) is 0 Å². The highest BCUT2D eigenvalue weighted by Crippen LogP contribution is 2.62. The third kappa shape index (κ3) is 2.15. The summed E-state index contributed by atoms with van der Waals surface area (Å²) in [6.07, 6.45) is 4.01. The lowest BCUT2D eigenvalue weighted by molar-refractivity contribution is 0.912. The molecule has 0 N–H and O–H groups in total. The molecule has 2 aromatic rings. The van der Waals surface area contributed by atoms with Crippen molar-refractivity contribution in [2.45, 2.75) is 57.3 Å². The van der Waals surface area contributed by atoms with Crippen molar-refractivity contribution in [2.75, 3.05) is 0 Å². The van der Waals surface area contributed by atoms with Crippen LogP contribution in [0.3, 0.4) is 0 Å². The fraction of sp³-hybridized carbons (Fsp3) is 0.562. The van der Waals surface area contributed by atoms with E-state index in [0.717, 1.165) is 16.1 Å². The van der Waals surface area contributed by atoms with Crippen LogP contribution in [0.5, 0.6) is 0 Å². The van der Waals surface area contributed by atoms with Gasteiger partial charge in [0.15, 0.2) is 0 Å². The van der Waals surface area contributed by atoms with Crippen LogP contribution >= 0.6 is 21.8 Å². The molecule has 112 valence electrons. The molecule has 2 rings (SSSR count). The van der Waals surface area contributed by atoms with Crippen LogP contribution in [0.15, 0.2) is 24.5 Å². The van der Waals surface area contributed by atoms with Crippen molar-refractivity contribution in [1.29, 1.82) is 0 Å². The number of hydrogen-bond donors (Lipinski definition) is 0. The minimum atomic E-state index is -1.03. The molecule has 0 fully saturated rings. The van der Waals surface area contributed by atoms with Gasteiger partial charge in [-0.2, -0.15) is 10.2 Å². The number of rotatable bonds is 4. The summed E-state index contributed by atoms with van der Waals surface area (Å²) in [5.41, 5.74) is 1.03. The molecular weight excluding hydrogens is 288 g/mol. The normalized spacial score (nSPS) is 13.9. The molecule has 0 saturated heterocycles. The van der Waals surface area contributed by atoms with Gasteiger partial charge in [0.25, 0.3) is 0 Å². The van der Waals surface area contributed by atoms with Gasteiger partial charge in [-0.05, 0) is 12.1 Å². The number of pyridine rings is 1. The van der Waals surface area contributed by atoms with Crippen LogP contribution in [-0.4, -0.2) is 24.7 Å². The quantitative estimate of drug-likeness (QED) is 0.730. The molecule has 2 nitrogen and oxygen atoms in total. The lowest BCUT2D eigenvalue weighted by Crippen LogP contribution is -2.33. The van der Waals surface area contributed by atoms with Crippen molar-refractivity contribution in [3.8, 4) is 0 Å². The maximum Gasteiger partial charge on any atom is 0.150 e. The molecule has 0 aliphatic carbocycles. The molecule has 0 aliphatic heterocycles. The minimum Gasteiger partial charge on any atom is -0.293 e. The van der Waals surface area contributed by atoms with E-state index in [9.17, 15) is 0 Å². The van der Waals surface area contributed by atoms with E-state index in [1.165, 1.54) is 0 Å². The number of nitrogens with zero attached hydrogens (tertiary/aromatic N) is 2. The summed E-state index contributed by atoms with van der Waals surface area (Å²) < 4.78 is 2.44. The van der Waals surface area contributed by atoms with Gasteiger partial charge in [-0.1, -0.05) is 53.1 Å². The third-order valence-electron chi connectivity index (χ3n) is 4.11. The molecule has 20 heavy (non-hydrogen) atoms. The van der Waals surface area contributed by atoms with Crippen LogP contribution in [0.25, 0.3) is 11.0 Å². The van der Waals surface area contributed by atoms with Gasteiger partial charge in [-0.25, -0.2) is 4.98 Å². The Morgan fingerprint density at radius 3 is 2.05 bits per heavy atom. The highest BCUT2D eigenvalue weighted by molar-refractivity contribution is 8.33. The summed E-state index contributed by atoms with van der Waals surface area (Å²) in [6, 6.07) is 3.98. The molecule has 0 saturated carbocycles. The molecule has 0 bridgehead atoms. The lowest BCUT2D eigenvalue weighted by atomic mass is 10.3. The molecule has 0 radical (unpaired) electrons.